The van der Waals surface area contributed by atoms with Gasteiger partial charge in [-0.15, -0.1) is 0 Å². The van der Waals surface area contributed by atoms with E-state index in [1.807, 2.05) is 0 Å². The molecule has 0 bridgehead atoms. The van der Waals surface area contributed by atoms with E-state index in [1.54, 1.807) is 0 Å². The Morgan fingerprint density at radius 3 is 2.00 bits per heavy atom. The Hall–Kier alpha value is 0.667. The maximum atomic E-state index is 9.62. The van der Waals surface area contributed by atoms with E-state index >= 15 is 0 Å². The first kappa shape index (κ1) is 11.5. The van der Waals surface area contributed by atoms with Crippen molar-refractivity contribution in [2.45, 2.75) is 0 Å². The van der Waals surface area contributed by atoms with Crippen LogP contribution < -0.4 is 5.73 Å². The predicted octanol–water partition coefficient (Wildman–Crippen LogP) is -1.64. The van der Waals surface area contributed by atoms with E-state index < -0.39 is 14.6 Å². The molecule has 0 aromatic carbocycles. The molecule has 46 valence electrons. The first-order valence-corrected chi connectivity index (χ1v) is 2.99. The summed E-state index contributed by atoms with van der Waals surface area (Å²) in [6.07, 6.45) is 0. The van der Waals surface area contributed by atoms with Gasteiger partial charge in [0.1, 0.15) is 6.73 Å². The molecule has 0 fully saturated rings. The van der Waals surface area contributed by atoms with Crippen LogP contribution in [0.5, 0.6) is 0 Å². The first-order chi connectivity index (χ1) is 3.06. The van der Waals surface area contributed by atoms with Gasteiger partial charge in [0.15, 0.2) is 0 Å². The van der Waals surface area contributed by atoms with E-state index in [2.05, 4.69) is 10.3 Å². The SMILES string of the molecule is NCOP(=O)(O)O.[LiH]. The molecule has 0 aromatic rings. The van der Waals surface area contributed by atoms with Gasteiger partial charge in [-0.25, -0.2) is 4.57 Å². The van der Waals surface area contributed by atoms with E-state index in [9.17, 15) is 4.57 Å². The van der Waals surface area contributed by atoms with Crippen molar-refractivity contribution >= 4 is 26.7 Å². The molecule has 0 atom stereocenters. The molecule has 0 spiro atoms. The van der Waals surface area contributed by atoms with E-state index in [4.69, 9.17) is 9.79 Å². The fraction of sp³-hybridized carbons (Fsp3) is 1.00. The second-order valence-electron chi connectivity index (χ2n) is 0.786. The number of phosphoric acid groups is 1. The van der Waals surface area contributed by atoms with Crippen molar-refractivity contribution in [2.75, 3.05) is 6.73 Å². The van der Waals surface area contributed by atoms with Crippen LogP contribution in [0.2, 0.25) is 0 Å². The fourth-order valence-electron chi connectivity index (χ4n) is 0.0971. The van der Waals surface area contributed by atoms with Crippen LogP contribution in [-0.4, -0.2) is 35.4 Å². The van der Waals surface area contributed by atoms with E-state index in [1.165, 1.54) is 0 Å². The molecule has 0 unspecified atom stereocenters. The van der Waals surface area contributed by atoms with Gasteiger partial charge in [-0.3, -0.25) is 4.52 Å². The van der Waals surface area contributed by atoms with Gasteiger partial charge in [0, 0.05) is 0 Å². The summed E-state index contributed by atoms with van der Waals surface area (Å²) in [5.41, 5.74) is 4.60. The van der Waals surface area contributed by atoms with Crippen molar-refractivity contribution in [3.8, 4) is 0 Å². The average Bonchev–Trinajstić information content (AvgIpc) is 1.30. The molecule has 0 aliphatic carbocycles. The van der Waals surface area contributed by atoms with Crippen LogP contribution in [0.1, 0.15) is 0 Å². The Morgan fingerprint density at radius 2 is 2.00 bits per heavy atom. The van der Waals surface area contributed by atoms with Crippen molar-refractivity contribution in [1.82, 2.24) is 0 Å². The number of hydrogen-bond donors (Lipinski definition) is 3. The molecule has 4 N–H and O–H groups in total. The summed E-state index contributed by atoms with van der Waals surface area (Å²) in [7, 11) is -4.29. The van der Waals surface area contributed by atoms with Gasteiger partial charge in [-0.2, -0.15) is 0 Å². The molecule has 0 rings (SSSR count). The van der Waals surface area contributed by atoms with Gasteiger partial charge in [-0.05, 0) is 0 Å². The fourth-order valence-corrected chi connectivity index (χ4v) is 0.291. The minimum absolute atomic E-state index is 0. The molecule has 0 heterocycles. The first-order valence-electron chi connectivity index (χ1n) is 1.46. The summed E-state index contributed by atoms with van der Waals surface area (Å²) in [6, 6.07) is 0. The van der Waals surface area contributed by atoms with Crippen molar-refractivity contribution in [3.63, 3.8) is 0 Å². The molecule has 5 nitrogen and oxygen atoms in total. The van der Waals surface area contributed by atoms with Crippen molar-refractivity contribution in [2.24, 2.45) is 5.73 Å². The van der Waals surface area contributed by atoms with Gasteiger partial charge in [0.05, 0.1) is 0 Å². The Bertz CT molecular complexity index is 90.0. The monoisotopic (exact) mass is 135 g/mol. The molecule has 0 aromatic heterocycles. The summed E-state index contributed by atoms with van der Waals surface area (Å²) in [5, 5.41) is 0. The standard InChI is InChI=1S/CH6NO4P.Li.H/c2-1-6-7(3,4)5;;/h1-2H2,(H2,3,4,5);;. The van der Waals surface area contributed by atoms with Gasteiger partial charge in [0.25, 0.3) is 0 Å². The molecule has 7 heteroatoms. The zero-order valence-electron chi connectivity index (χ0n) is 3.44. The summed E-state index contributed by atoms with van der Waals surface area (Å²) < 4.78 is 13.3. The quantitative estimate of drug-likeness (QED) is 0.240. The molecular weight excluding hydrogens is 128 g/mol. The van der Waals surface area contributed by atoms with Crippen LogP contribution in [0, 0.1) is 0 Å². The normalized spacial score (nSPS) is 10.4. The third-order valence-electron chi connectivity index (χ3n) is 0.243. The Kier molecular flexibility index (Phi) is 6.50. The van der Waals surface area contributed by atoms with Gasteiger partial charge in [-0.1, -0.05) is 0 Å². The van der Waals surface area contributed by atoms with Gasteiger partial charge < -0.3 is 15.5 Å². The predicted molar refractivity (Wildman–Crippen MR) is 29.3 cm³/mol. The topological polar surface area (TPSA) is 92.8 Å². The number of phosphoric ester groups is 1. The van der Waals surface area contributed by atoms with Crippen LogP contribution in [0.15, 0.2) is 0 Å². The van der Waals surface area contributed by atoms with Crippen LogP contribution in [0.25, 0.3) is 0 Å². The number of hydrogen-bond acceptors (Lipinski definition) is 3. The molecule has 0 aliphatic rings. The molecular formula is CH7LiNO4P. The summed E-state index contributed by atoms with van der Waals surface area (Å²) in [4.78, 5) is 15.7. The second-order valence-corrected chi connectivity index (χ2v) is 2.03. The van der Waals surface area contributed by atoms with Crippen molar-refractivity contribution in [3.05, 3.63) is 0 Å². The molecule has 0 amide bonds. The molecule has 0 saturated heterocycles. The summed E-state index contributed by atoms with van der Waals surface area (Å²) in [6.45, 7) is -0.454. The van der Waals surface area contributed by atoms with Crippen LogP contribution in [0.3, 0.4) is 0 Å². The van der Waals surface area contributed by atoms with Crippen molar-refractivity contribution < 1.29 is 18.9 Å². The third kappa shape index (κ3) is 9.83. The molecule has 0 saturated carbocycles. The van der Waals surface area contributed by atoms with Crippen LogP contribution in [-0.2, 0) is 9.09 Å². The average molecular weight is 135 g/mol. The van der Waals surface area contributed by atoms with Crippen LogP contribution in [0.4, 0.5) is 0 Å². The summed E-state index contributed by atoms with van der Waals surface area (Å²) >= 11 is 0. The summed E-state index contributed by atoms with van der Waals surface area (Å²) in [5.74, 6) is 0. The van der Waals surface area contributed by atoms with E-state index in [0.29, 0.717) is 0 Å². The van der Waals surface area contributed by atoms with E-state index in [-0.39, 0.29) is 18.9 Å². The molecule has 8 heavy (non-hydrogen) atoms. The number of nitrogens with two attached hydrogens (primary N) is 1. The second kappa shape index (κ2) is 4.54. The Balaban J connectivity index is 0. The Labute approximate surface area is 58.6 Å². The third-order valence-corrected chi connectivity index (χ3v) is 0.728. The van der Waals surface area contributed by atoms with E-state index in [0.717, 1.165) is 0 Å². The van der Waals surface area contributed by atoms with Gasteiger partial charge >= 0.3 is 26.7 Å². The van der Waals surface area contributed by atoms with Gasteiger partial charge in [0.2, 0.25) is 0 Å². The zero-order valence-corrected chi connectivity index (χ0v) is 4.34. The maximum absolute atomic E-state index is 9.62. The molecule has 0 radical (unpaired) electrons. The Morgan fingerprint density at radius 1 is 1.62 bits per heavy atom. The minimum atomic E-state index is -4.29. The van der Waals surface area contributed by atoms with Crippen LogP contribution >= 0.6 is 7.82 Å². The zero-order chi connectivity index (χ0) is 5.91. The van der Waals surface area contributed by atoms with Crippen molar-refractivity contribution in [1.29, 1.82) is 0 Å². The molecule has 0 aliphatic heterocycles. The number of rotatable bonds is 2.